The Morgan fingerprint density at radius 3 is 2.94 bits per heavy atom. The normalized spacial score (nSPS) is 11.9. The van der Waals surface area contributed by atoms with Crippen LogP contribution in [0.4, 0.5) is 5.69 Å². The molecule has 0 aliphatic heterocycles. The van der Waals surface area contributed by atoms with Crippen LogP contribution in [0.15, 0.2) is 22.7 Å². The van der Waals surface area contributed by atoms with Crippen molar-refractivity contribution < 1.29 is 9.53 Å². The molecule has 0 aliphatic rings. The molecule has 0 spiro atoms. The third-order valence-electron chi connectivity index (χ3n) is 2.50. The average Bonchev–Trinajstić information content (AvgIpc) is 2.35. The number of carbonyl (C=O) groups is 1. The van der Waals surface area contributed by atoms with Gasteiger partial charge in [-0.05, 0) is 41.4 Å². The summed E-state index contributed by atoms with van der Waals surface area (Å²) < 4.78 is 6.26. The summed E-state index contributed by atoms with van der Waals surface area (Å²) in [4.78, 5) is 11.7. The lowest BCUT2D eigenvalue weighted by Gasteiger charge is -2.16. The second kappa shape index (κ2) is 7.26. The van der Waals surface area contributed by atoms with Crippen molar-refractivity contribution in [2.45, 2.75) is 32.8 Å². The zero-order valence-corrected chi connectivity index (χ0v) is 12.3. The molecular weight excluding hydrogens is 296 g/mol. The number of nitrogen functional groups attached to an aromatic ring is 1. The van der Waals surface area contributed by atoms with E-state index in [0.717, 1.165) is 12.8 Å². The molecule has 0 saturated carbocycles. The molecule has 1 aromatic rings. The van der Waals surface area contributed by atoms with Crippen molar-refractivity contribution >= 4 is 27.5 Å². The average molecular weight is 315 g/mol. The van der Waals surface area contributed by atoms with E-state index in [2.05, 4.69) is 28.2 Å². The van der Waals surface area contributed by atoms with Crippen LogP contribution >= 0.6 is 15.9 Å². The van der Waals surface area contributed by atoms with Crippen LogP contribution in [-0.2, 0) is 4.79 Å². The molecule has 0 saturated heterocycles. The predicted octanol–water partition coefficient (Wildman–Crippen LogP) is 2.71. The second-order valence-corrected chi connectivity index (χ2v) is 4.86. The van der Waals surface area contributed by atoms with Gasteiger partial charge < -0.3 is 15.8 Å². The number of halogens is 1. The first-order valence-corrected chi connectivity index (χ1v) is 6.84. The number of nitrogens with one attached hydrogen (secondary N) is 1. The van der Waals surface area contributed by atoms with Gasteiger partial charge in [0, 0.05) is 12.2 Å². The van der Waals surface area contributed by atoms with Crippen LogP contribution < -0.4 is 15.8 Å². The van der Waals surface area contributed by atoms with Crippen LogP contribution in [0.3, 0.4) is 0 Å². The maximum absolute atomic E-state index is 11.7. The smallest absolute Gasteiger partial charge is 0.260 e. The topological polar surface area (TPSA) is 64.3 Å². The van der Waals surface area contributed by atoms with Crippen molar-refractivity contribution in [3.63, 3.8) is 0 Å². The molecule has 0 radical (unpaired) electrons. The van der Waals surface area contributed by atoms with Gasteiger partial charge in [0.25, 0.3) is 5.91 Å². The van der Waals surface area contributed by atoms with Crippen LogP contribution in [0.1, 0.15) is 26.7 Å². The zero-order valence-electron chi connectivity index (χ0n) is 10.7. The van der Waals surface area contributed by atoms with Gasteiger partial charge in [-0.2, -0.15) is 0 Å². The van der Waals surface area contributed by atoms with E-state index >= 15 is 0 Å². The van der Waals surface area contributed by atoms with Crippen molar-refractivity contribution in [3.8, 4) is 5.75 Å². The highest BCUT2D eigenvalue weighted by atomic mass is 79.9. The van der Waals surface area contributed by atoms with Gasteiger partial charge in [-0.25, -0.2) is 0 Å². The quantitative estimate of drug-likeness (QED) is 0.627. The highest BCUT2D eigenvalue weighted by molar-refractivity contribution is 9.10. The number of carbonyl (C=O) groups excluding carboxylic acids is 1. The fourth-order valence-corrected chi connectivity index (χ4v) is 1.75. The Labute approximate surface area is 116 Å². The van der Waals surface area contributed by atoms with Gasteiger partial charge in [-0.1, -0.05) is 19.4 Å². The number of anilines is 1. The van der Waals surface area contributed by atoms with Gasteiger partial charge in [0.2, 0.25) is 0 Å². The second-order valence-electron chi connectivity index (χ2n) is 4.06. The molecular formula is C13H19BrN2O2. The molecule has 3 N–H and O–H groups in total. The maximum Gasteiger partial charge on any atom is 0.260 e. The van der Waals surface area contributed by atoms with Gasteiger partial charge in [-0.3, -0.25) is 4.79 Å². The third kappa shape index (κ3) is 4.22. The lowest BCUT2D eigenvalue weighted by molar-refractivity contribution is -0.127. The number of amides is 1. The van der Waals surface area contributed by atoms with E-state index in [4.69, 9.17) is 10.5 Å². The Morgan fingerprint density at radius 1 is 1.56 bits per heavy atom. The fourth-order valence-electron chi connectivity index (χ4n) is 1.39. The summed E-state index contributed by atoms with van der Waals surface area (Å²) in [5, 5.41) is 2.83. The fraction of sp³-hybridized carbons (Fsp3) is 0.462. The minimum atomic E-state index is -0.542. The monoisotopic (exact) mass is 314 g/mol. The Bertz CT molecular complexity index is 410. The summed E-state index contributed by atoms with van der Waals surface area (Å²) in [5.74, 6) is 0.464. The summed E-state index contributed by atoms with van der Waals surface area (Å²) in [6.07, 6.45) is 1.48. The summed E-state index contributed by atoms with van der Waals surface area (Å²) >= 11 is 3.34. The van der Waals surface area contributed by atoms with E-state index in [0.29, 0.717) is 22.5 Å². The largest absolute Gasteiger partial charge is 0.480 e. The standard InChI is InChI=1S/C13H19BrN2O2/c1-3-4-8-16-13(17)9(2)18-11-7-5-6-10(15)12(11)14/h5-7,9H,3-4,8,15H2,1-2H3,(H,16,17). The molecule has 0 bridgehead atoms. The number of benzene rings is 1. The van der Waals surface area contributed by atoms with Crippen molar-refractivity contribution in [2.24, 2.45) is 0 Å². The number of nitrogens with two attached hydrogens (primary N) is 1. The highest BCUT2D eigenvalue weighted by Gasteiger charge is 2.15. The molecule has 0 aliphatic carbocycles. The van der Waals surface area contributed by atoms with Crippen molar-refractivity contribution in [3.05, 3.63) is 22.7 Å². The molecule has 1 aromatic carbocycles. The van der Waals surface area contributed by atoms with E-state index < -0.39 is 6.10 Å². The molecule has 0 fully saturated rings. The SMILES string of the molecule is CCCCNC(=O)C(C)Oc1cccc(N)c1Br. The summed E-state index contributed by atoms with van der Waals surface area (Å²) in [6, 6.07) is 5.33. The lowest BCUT2D eigenvalue weighted by Crippen LogP contribution is -2.36. The highest BCUT2D eigenvalue weighted by Crippen LogP contribution is 2.30. The lowest BCUT2D eigenvalue weighted by atomic mass is 10.3. The Hall–Kier alpha value is -1.23. The van der Waals surface area contributed by atoms with E-state index in [1.54, 1.807) is 25.1 Å². The van der Waals surface area contributed by atoms with Crippen LogP contribution in [-0.4, -0.2) is 18.6 Å². The molecule has 5 heteroatoms. The minimum Gasteiger partial charge on any atom is -0.480 e. The first-order valence-electron chi connectivity index (χ1n) is 6.04. The first kappa shape index (κ1) is 14.8. The van der Waals surface area contributed by atoms with Crippen LogP contribution in [0, 0.1) is 0 Å². The molecule has 0 heterocycles. The summed E-state index contributed by atoms with van der Waals surface area (Å²) in [7, 11) is 0. The summed E-state index contributed by atoms with van der Waals surface area (Å²) in [5.41, 5.74) is 6.33. The van der Waals surface area contributed by atoms with Crippen LogP contribution in [0.5, 0.6) is 5.75 Å². The molecule has 4 nitrogen and oxygen atoms in total. The third-order valence-corrected chi connectivity index (χ3v) is 3.34. The molecule has 1 rings (SSSR count). The number of hydrogen-bond donors (Lipinski definition) is 2. The van der Waals surface area contributed by atoms with E-state index in [1.165, 1.54) is 0 Å². The van der Waals surface area contributed by atoms with E-state index in [-0.39, 0.29) is 5.91 Å². The molecule has 1 amide bonds. The Morgan fingerprint density at radius 2 is 2.28 bits per heavy atom. The number of unbranched alkanes of at least 4 members (excludes halogenated alkanes) is 1. The minimum absolute atomic E-state index is 0.113. The first-order chi connectivity index (χ1) is 8.56. The van der Waals surface area contributed by atoms with E-state index in [1.807, 2.05) is 0 Å². The Kier molecular flexibility index (Phi) is 5.98. The Balaban J connectivity index is 2.56. The van der Waals surface area contributed by atoms with Gasteiger partial charge in [0.15, 0.2) is 6.10 Å². The zero-order chi connectivity index (χ0) is 13.5. The number of hydrogen-bond acceptors (Lipinski definition) is 3. The van der Waals surface area contributed by atoms with Crippen molar-refractivity contribution in [2.75, 3.05) is 12.3 Å². The van der Waals surface area contributed by atoms with Crippen molar-refractivity contribution in [1.82, 2.24) is 5.32 Å². The summed E-state index contributed by atoms with van der Waals surface area (Å²) in [6.45, 7) is 4.48. The maximum atomic E-state index is 11.7. The predicted molar refractivity (Wildman–Crippen MR) is 76.6 cm³/mol. The van der Waals surface area contributed by atoms with Gasteiger partial charge >= 0.3 is 0 Å². The molecule has 1 atom stereocenters. The molecule has 18 heavy (non-hydrogen) atoms. The van der Waals surface area contributed by atoms with Crippen LogP contribution in [0.25, 0.3) is 0 Å². The van der Waals surface area contributed by atoms with Gasteiger partial charge in [0.1, 0.15) is 5.75 Å². The van der Waals surface area contributed by atoms with Crippen molar-refractivity contribution in [1.29, 1.82) is 0 Å². The van der Waals surface area contributed by atoms with Crippen LogP contribution in [0.2, 0.25) is 0 Å². The van der Waals surface area contributed by atoms with Gasteiger partial charge in [0.05, 0.1) is 4.47 Å². The molecule has 100 valence electrons. The van der Waals surface area contributed by atoms with Gasteiger partial charge in [-0.15, -0.1) is 0 Å². The number of rotatable bonds is 6. The number of ether oxygens (including phenoxy) is 1. The molecule has 0 aromatic heterocycles. The molecule has 1 unspecified atom stereocenters. The van der Waals surface area contributed by atoms with E-state index in [9.17, 15) is 4.79 Å².